The van der Waals surface area contributed by atoms with Gasteiger partial charge in [-0.15, -0.1) is 0 Å². The van der Waals surface area contributed by atoms with E-state index in [1.807, 2.05) is 26.0 Å². The van der Waals surface area contributed by atoms with Crippen LogP contribution in [0.15, 0.2) is 42.5 Å². The summed E-state index contributed by atoms with van der Waals surface area (Å²) in [5, 5.41) is 2.16. The van der Waals surface area contributed by atoms with Crippen molar-refractivity contribution >= 4 is 39.1 Å². The van der Waals surface area contributed by atoms with Crippen molar-refractivity contribution in [2.45, 2.75) is 52.4 Å². The minimum Gasteiger partial charge on any atom is -0.354 e. The molecule has 1 atom stereocenters. The molecule has 1 N–H and O–H groups in total. The van der Waals surface area contributed by atoms with Crippen LogP contribution in [0.1, 0.15) is 43.4 Å². The van der Waals surface area contributed by atoms with Gasteiger partial charge in [-0.3, -0.25) is 13.9 Å². The summed E-state index contributed by atoms with van der Waals surface area (Å²) in [7, 11) is -4.19. The van der Waals surface area contributed by atoms with Crippen molar-refractivity contribution in [1.29, 1.82) is 0 Å². The van der Waals surface area contributed by atoms with Gasteiger partial charge in [0.1, 0.15) is 12.6 Å². The third-order valence-electron chi connectivity index (χ3n) is 5.59. The number of carbonyl (C=O) groups excluding carboxylic acids is 2. The van der Waals surface area contributed by atoms with Gasteiger partial charge in [-0.05, 0) is 43.5 Å². The van der Waals surface area contributed by atoms with Gasteiger partial charge in [0, 0.05) is 13.1 Å². The fourth-order valence-corrected chi connectivity index (χ4v) is 4.86. The second kappa shape index (κ2) is 12.6. The molecule has 37 heavy (non-hydrogen) atoms. The average molecular weight is 562 g/mol. The van der Waals surface area contributed by atoms with E-state index in [-0.39, 0.29) is 18.7 Å². The number of benzene rings is 2. The molecule has 0 saturated heterocycles. The van der Waals surface area contributed by atoms with Gasteiger partial charge in [0.25, 0.3) is 0 Å². The lowest BCUT2D eigenvalue weighted by molar-refractivity contribution is -0.140. The molecular formula is C25H31ClF3N3O4S. The van der Waals surface area contributed by atoms with Crippen LogP contribution in [0.4, 0.5) is 18.9 Å². The summed E-state index contributed by atoms with van der Waals surface area (Å²) in [6.07, 6.45) is -3.13. The lowest BCUT2D eigenvalue weighted by Crippen LogP contribution is -2.52. The maximum Gasteiger partial charge on any atom is 0.417 e. The standard InChI is InChI=1S/C25H31ClF3N3O4S/c1-5-12-30-24(34)22(6-2)31(15-18-9-7-8-17(3)13-18)23(33)16-32(37(4,35)36)19-10-11-21(26)20(14-19)25(27,28)29/h7-11,13-14,22H,5-6,12,15-16H2,1-4H3,(H,30,34). The molecule has 1 unspecified atom stereocenters. The van der Waals surface area contributed by atoms with Crippen LogP contribution in [0.25, 0.3) is 0 Å². The van der Waals surface area contributed by atoms with E-state index >= 15 is 0 Å². The van der Waals surface area contributed by atoms with Crippen LogP contribution < -0.4 is 9.62 Å². The number of hydrogen-bond donors (Lipinski definition) is 1. The zero-order valence-electron chi connectivity index (χ0n) is 21.1. The molecule has 7 nitrogen and oxygen atoms in total. The Balaban J connectivity index is 2.51. The van der Waals surface area contributed by atoms with E-state index in [0.717, 1.165) is 24.0 Å². The molecular weight excluding hydrogens is 531 g/mol. The van der Waals surface area contributed by atoms with Gasteiger partial charge in [-0.25, -0.2) is 8.42 Å². The Bertz CT molecular complexity index is 1220. The SMILES string of the molecule is CCCNC(=O)C(CC)N(Cc1cccc(C)c1)C(=O)CN(c1ccc(Cl)c(C(F)(F)F)c1)S(C)(=O)=O. The molecule has 204 valence electrons. The van der Waals surface area contributed by atoms with E-state index < -0.39 is 51.2 Å². The monoisotopic (exact) mass is 561 g/mol. The van der Waals surface area contributed by atoms with Gasteiger partial charge >= 0.3 is 6.18 Å². The van der Waals surface area contributed by atoms with E-state index in [1.54, 1.807) is 19.1 Å². The van der Waals surface area contributed by atoms with Crippen LogP contribution in [0.2, 0.25) is 5.02 Å². The van der Waals surface area contributed by atoms with Crippen LogP contribution in [0.3, 0.4) is 0 Å². The van der Waals surface area contributed by atoms with Crippen molar-refractivity contribution in [3.05, 3.63) is 64.2 Å². The van der Waals surface area contributed by atoms with Crippen molar-refractivity contribution in [3.8, 4) is 0 Å². The first kappa shape index (κ1) is 30.4. The van der Waals surface area contributed by atoms with Gasteiger partial charge in [0.05, 0.1) is 22.5 Å². The first-order valence-corrected chi connectivity index (χ1v) is 13.9. The van der Waals surface area contributed by atoms with E-state index in [4.69, 9.17) is 11.6 Å². The first-order valence-electron chi connectivity index (χ1n) is 11.7. The Labute approximate surface area is 220 Å². The summed E-state index contributed by atoms with van der Waals surface area (Å²) >= 11 is 5.69. The fraction of sp³-hybridized carbons (Fsp3) is 0.440. The topological polar surface area (TPSA) is 86.8 Å². The maximum atomic E-state index is 13.6. The molecule has 0 aliphatic carbocycles. The highest BCUT2D eigenvalue weighted by atomic mass is 35.5. The van der Waals surface area contributed by atoms with Crippen molar-refractivity contribution in [2.24, 2.45) is 0 Å². The Morgan fingerprint density at radius 2 is 1.78 bits per heavy atom. The number of nitrogens with one attached hydrogen (secondary N) is 1. The normalized spacial score (nSPS) is 12.6. The number of rotatable bonds is 11. The quantitative estimate of drug-likeness (QED) is 0.428. The van der Waals surface area contributed by atoms with Crippen LogP contribution >= 0.6 is 11.6 Å². The molecule has 0 bridgehead atoms. The Hall–Kier alpha value is -2.79. The largest absolute Gasteiger partial charge is 0.417 e. The molecule has 0 spiro atoms. The summed E-state index contributed by atoms with van der Waals surface area (Å²) in [5.41, 5.74) is 0.0418. The molecule has 0 saturated carbocycles. The number of nitrogens with zero attached hydrogens (tertiary/aromatic N) is 2. The lowest BCUT2D eigenvalue weighted by atomic mass is 10.1. The molecule has 0 heterocycles. The molecule has 2 aromatic carbocycles. The zero-order chi connectivity index (χ0) is 28.0. The van der Waals surface area contributed by atoms with Gasteiger partial charge in [0.2, 0.25) is 21.8 Å². The third kappa shape index (κ3) is 8.36. The van der Waals surface area contributed by atoms with Crippen molar-refractivity contribution in [3.63, 3.8) is 0 Å². The summed E-state index contributed by atoms with van der Waals surface area (Å²) < 4.78 is 66.1. The highest BCUT2D eigenvalue weighted by Crippen LogP contribution is 2.37. The molecule has 0 aliphatic heterocycles. The van der Waals surface area contributed by atoms with E-state index in [9.17, 15) is 31.2 Å². The second-order valence-electron chi connectivity index (χ2n) is 8.66. The lowest BCUT2D eigenvalue weighted by Gasteiger charge is -2.33. The molecule has 2 rings (SSSR count). The Kier molecular flexibility index (Phi) is 10.4. The van der Waals surface area contributed by atoms with E-state index in [2.05, 4.69) is 5.32 Å². The average Bonchev–Trinajstić information content (AvgIpc) is 2.80. The first-order chi connectivity index (χ1) is 17.2. The molecule has 0 aliphatic rings. The van der Waals surface area contributed by atoms with Crippen molar-refractivity contribution in [1.82, 2.24) is 10.2 Å². The number of halogens is 4. The van der Waals surface area contributed by atoms with E-state index in [1.165, 1.54) is 4.90 Å². The van der Waals surface area contributed by atoms with Crippen molar-refractivity contribution in [2.75, 3.05) is 23.7 Å². The number of alkyl halides is 3. The zero-order valence-corrected chi connectivity index (χ0v) is 22.7. The smallest absolute Gasteiger partial charge is 0.354 e. The van der Waals surface area contributed by atoms with Gasteiger partial charge in [0.15, 0.2) is 0 Å². The van der Waals surface area contributed by atoms with Crippen LogP contribution in [0.5, 0.6) is 0 Å². The molecule has 2 aromatic rings. The highest BCUT2D eigenvalue weighted by Gasteiger charge is 2.36. The Morgan fingerprint density at radius 3 is 2.32 bits per heavy atom. The van der Waals surface area contributed by atoms with Gasteiger partial charge in [-0.2, -0.15) is 13.2 Å². The Morgan fingerprint density at radius 1 is 1.11 bits per heavy atom. The van der Waals surface area contributed by atoms with Crippen LogP contribution in [0, 0.1) is 6.92 Å². The number of carbonyl (C=O) groups is 2. The molecule has 0 radical (unpaired) electrons. The van der Waals surface area contributed by atoms with Gasteiger partial charge in [-0.1, -0.05) is 55.3 Å². The van der Waals surface area contributed by atoms with Crippen LogP contribution in [-0.4, -0.2) is 50.5 Å². The summed E-state index contributed by atoms with van der Waals surface area (Å²) in [6, 6.07) is 8.96. The predicted octanol–water partition coefficient (Wildman–Crippen LogP) is 4.77. The number of anilines is 1. The number of sulfonamides is 1. The number of aryl methyl sites for hydroxylation is 1. The minimum absolute atomic E-state index is 0.00455. The summed E-state index contributed by atoms with van der Waals surface area (Å²) in [6.45, 7) is 5.05. The number of hydrogen-bond acceptors (Lipinski definition) is 4. The second-order valence-corrected chi connectivity index (χ2v) is 11.0. The predicted molar refractivity (Wildman–Crippen MR) is 138 cm³/mol. The molecule has 12 heteroatoms. The third-order valence-corrected chi connectivity index (χ3v) is 7.06. The number of amides is 2. The maximum absolute atomic E-state index is 13.6. The summed E-state index contributed by atoms with van der Waals surface area (Å²) in [5.74, 6) is -1.14. The van der Waals surface area contributed by atoms with Crippen LogP contribution in [-0.2, 0) is 32.3 Å². The molecule has 2 amide bonds. The highest BCUT2D eigenvalue weighted by molar-refractivity contribution is 7.92. The van der Waals surface area contributed by atoms with E-state index in [0.29, 0.717) is 28.9 Å². The fourth-order valence-electron chi connectivity index (χ4n) is 3.79. The minimum atomic E-state index is -4.83. The molecule has 0 fully saturated rings. The van der Waals surface area contributed by atoms with Crippen molar-refractivity contribution < 1.29 is 31.2 Å². The summed E-state index contributed by atoms with van der Waals surface area (Å²) in [4.78, 5) is 27.7. The van der Waals surface area contributed by atoms with Gasteiger partial charge < -0.3 is 10.2 Å². The molecule has 0 aromatic heterocycles.